The van der Waals surface area contributed by atoms with Crippen LogP contribution in [0.2, 0.25) is 23.2 Å². The third-order valence-electron chi connectivity index (χ3n) is 10.6. The molecule has 0 saturated carbocycles. The fraction of sp³-hybridized carbons (Fsp3) is 0.683. The molecule has 2 rings (SSSR count). The third kappa shape index (κ3) is 13.0. The van der Waals surface area contributed by atoms with Crippen molar-refractivity contribution in [2.24, 2.45) is 11.0 Å². The van der Waals surface area contributed by atoms with Crippen LogP contribution >= 0.6 is 0 Å². The lowest BCUT2D eigenvalue weighted by Crippen LogP contribution is -2.67. The van der Waals surface area contributed by atoms with Gasteiger partial charge in [-0.1, -0.05) is 191 Å². The van der Waals surface area contributed by atoms with Crippen molar-refractivity contribution in [3.8, 4) is 6.07 Å². The molecule has 0 unspecified atom stereocenters. The lowest BCUT2D eigenvalue weighted by atomic mass is 9.92. The van der Waals surface area contributed by atoms with Crippen LogP contribution in [-0.4, -0.2) is 35.4 Å². The Morgan fingerprint density at radius 2 is 1.18 bits per heavy atom. The van der Waals surface area contributed by atoms with Gasteiger partial charge in [-0.3, -0.25) is 0 Å². The average Bonchev–Trinajstić information content (AvgIpc) is 3.06. The summed E-state index contributed by atoms with van der Waals surface area (Å²) in [4.78, 5) is 3.33. The van der Waals surface area contributed by atoms with Crippen LogP contribution < -0.4 is 10.4 Å². The molecule has 0 spiro atoms. The molecule has 0 aliphatic heterocycles. The van der Waals surface area contributed by atoms with E-state index in [-0.39, 0.29) is 16.7 Å². The molecule has 272 valence electrons. The predicted molar refractivity (Wildman–Crippen MR) is 213 cm³/mol. The van der Waals surface area contributed by atoms with Gasteiger partial charge in [-0.2, -0.15) is 5.26 Å². The van der Waals surface area contributed by atoms with Crippen molar-refractivity contribution in [2.45, 2.75) is 167 Å². The molecule has 0 bridgehead atoms. The first-order chi connectivity index (χ1) is 23.2. The molecule has 0 N–H and O–H groups in total. The minimum Gasteiger partial charge on any atom is -0.412 e. The van der Waals surface area contributed by atoms with Crippen LogP contribution in [0, 0.1) is 17.2 Å². The number of nitrogens with zero attached hydrogens (tertiary/aromatic N) is 4. The van der Waals surface area contributed by atoms with Crippen molar-refractivity contribution < 1.29 is 8.85 Å². The van der Waals surface area contributed by atoms with Crippen LogP contribution in [0.3, 0.4) is 0 Å². The molecule has 3 atom stereocenters. The summed E-state index contributed by atoms with van der Waals surface area (Å²) in [6.07, 6.45) is 15.5. The average molecular weight is 705 g/mol. The van der Waals surface area contributed by atoms with Crippen LogP contribution in [0.5, 0.6) is 0 Å². The first kappa shape index (κ1) is 42.8. The topological polar surface area (TPSA) is 91.0 Å². The minimum atomic E-state index is -2.90. The molecule has 0 heterocycles. The Labute approximate surface area is 302 Å². The van der Waals surface area contributed by atoms with E-state index in [1.165, 1.54) is 74.6 Å². The fourth-order valence-electron chi connectivity index (χ4n) is 6.69. The summed E-state index contributed by atoms with van der Waals surface area (Å²) in [6.45, 7) is 20.3. The maximum atomic E-state index is 10.6. The molecule has 0 aliphatic carbocycles. The van der Waals surface area contributed by atoms with Gasteiger partial charge in [-0.25, -0.2) is 0 Å². The van der Waals surface area contributed by atoms with E-state index in [1.54, 1.807) is 0 Å². The highest BCUT2D eigenvalue weighted by molar-refractivity contribution is 6.99. The summed E-state index contributed by atoms with van der Waals surface area (Å²) in [5.41, 5.74) is 9.90. The number of nitriles is 1. The monoisotopic (exact) mass is 704 g/mol. The van der Waals surface area contributed by atoms with Gasteiger partial charge in [-0.05, 0) is 45.5 Å². The van der Waals surface area contributed by atoms with Crippen LogP contribution in [0.15, 0.2) is 65.8 Å². The molecule has 6 nitrogen and oxygen atoms in total. The van der Waals surface area contributed by atoms with Crippen molar-refractivity contribution in [3.63, 3.8) is 0 Å². The van der Waals surface area contributed by atoms with E-state index in [9.17, 15) is 10.8 Å². The predicted octanol–water partition coefficient (Wildman–Crippen LogP) is 11.9. The molecule has 49 heavy (non-hydrogen) atoms. The molecule has 2 aromatic carbocycles. The Bertz CT molecular complexity index is 1240. The van der Waals surface area contributed by atoms with E-state index in [2.05, 4.69) is 126 Å². The Morgan fingerprint density at radius 3 is 1.57 bits per heavy atom. The van der Waals surface area contributed by atoms with Gasteiger partial charge in [0.05, 0.1) is 24.1 Å². The fourth-order valence-corrected chi connectivity index (χ4v) is 12.6. The van der Waals surface area contributed by atoms with Gasteiger partial charge in [0.2, 0.25) is 0 Å². The zero-order chi connectivity index (χ0) is 36.4. The van der Waals surface area contributed by atoms with Crippen LogP contribution in [-0.2, 0) is 8.85 Å². The van der Waals surface area contributed by atoms with Gasteiger partial charge in [0, 0.05) is 11.5 Å². The number of rotatable bonds is 23. The Kier molecular flexibility index (Phi) is 18.4. The summed E-state index contributed by atoms with van der Waals surface area (Å²) in [5, 5.41) is 17.0. The van der Waals surface area contributed by atoms with Crippen LogP contribution in [0.1, 0.15) is 132 Å². The van der Waals surface area contributed by atoms with Crippen molar-refractivity contribution in [3.05, 3.63) is 71.1 Å². The molecular formula is C41H68N4O2Si2. The van der Waals surface area contributed by atoms with Crippen molar-refractivity contribution >= 4 is 27.0 Å². The first-order valence-electron chi connectivity index (χ1n) is 19.1. The minimum absolute atomic E-state index is 0.0684. The molecule has 0 radical (unpaired) electrons. The second-order valence-electron chi connectivity index (χ2n) is 16.5. The van der Waals surface area contributed by atoms with Crippen molar-refractivity contribution in [1.29, 1.82) is 5.26 Å². The zero-order valence-corrected chi connectivity index (χ0v) is 34.5. The molecule has 0 amide bonds. The highest BCUT2D eigenvalue weighted by Gasteiger charge is 2.51. The van der Waals surface area contributed by atoms with E-state index >= 15 is 0 Å². The summed E-state index contributed by atoms with van der Waals surface area (Å²) in [5.74, 6) is -0.393. The number of azide groups is 1. The van der Waals surface area contributed by atoms with E-state index in [0.717, 1.165) is 19.3 Å². The highest BCUT2D eigenvalue weighted by Crippen LogP contribution is 2.41. The van der Waals surface area contributed by atoms with Gasteiger partial charge in [0.15, 0.2) is 8.32 Å². The smallest absolute Gasteiger partial charge is 0.261 e. The van der Waals surface area contributed by atoms with Gasteiger partial charge >= 0.3 is 0 Å². The van der Waals surface area contributed by atoms with Crippen molar-refractivity contribution in [1.82, 2.24) is 0 Å². The Morgan fingerprint density at radius 1 is 0.735 bits per heavy atom. The van der Waals surface area contributed by atoms with Gasteiger partial charge in [-0.15, -0.1) is 0 Å². The summed E-state index contributed by atoms with van der Waals surface area (Å²) in [6, 6.07) is 23.0. The number of unbranched alkanes of at least 4 members (excludes halogenated alkanes) is 11. The third-order valence-corrected chi connectivity index (χ3v) is 20.1. The number of benzene rings is 2. The number of hydrogen-bond acceptors (Lipinski definition) is 4. The first-order valence-corrected chi connectivity index (χ1v) is 23.9. The highest BCUT2D eigenvalue weighted by atomic mass is 28.4. The molecule has 0 fully saturated rings. The van der Waals surface area contributed by atoms with E-state index in [4.69, 9.17) is 8.85 Å². The van der Waals surface area contributed by atoms with Gasteiger partial charge in [0.1, 0.15) is 0 Å². The van der Waals surface area contributed by atoms with Gasteiger partial charge in [0.25, 0.3) is 8.32 Å². The Hall–Kier alpha value is -2.41. The van der Waals surface area contributed by atoms with Gasteiger partial charge < -0.3 is 8.85 Å². The molecule has 2 aromatic rings. The molecule has 0 aliphatic rings. The lowest BCUT2D eigenvalue weighted by Gasteiger charge is -2.45. The van der Waals surface area contributed by atoms with Crippen LogP contribution in [0.25, 0.3) is 10.4 Å². The second kappa shape index (κ2) is 21.1. The quantitative estimate of drug-likeness (QED) is 0.0379. The maximum Gasteiger partial charge on any atom is 0.261 e. The normalized spacial score (nSPS) is 14.4. The lowest BCUT2D eigenvalue weighted by molar-refractivity contribution is 0.0853. The van der Waals surface area contributed by atoms with Crippen molar-refractivity contribution in [2.75, 3.05) is 6.61 Å². The van der Waals surface area contributed by atoms with Crippen LogP contribution in [0.4, 0.5) is 0 Å². The molecule has 0 saturated heterocycles. The number of hydrogen-bond donors (Lipinski definition) is 0. The standard InChI is InChI=1S/C41H68N4O2Si2/c1-10-11-12-13-14-15-16-17-18-19-20-23-28-35(33-42)39(47-48(8,9)40(2,3)4)38(44-45-43)34-46-49(41(5,6)7,36-29-24-21-25-30-36)37-31-26-22-27-32-37/h21-22,24-27,29-32,35,38-39H,10-20,23,28,34H2,1-9H3/t35-,38+,39-/m1/s1. The summed E-state index contributed by atoms with van der Waals surface area (Å²) < 4.78 is 14.4. The van der Waals surface area contributed by atoms with E-state index in [0.29, 0.717) is 0 Å². The molecule has 8 heteroatoms. The molecular weight excluding hydrogens is 637 g/mol. The maximum absolute atomic E-state index is 10.6. The second-order valence-corrected chi connectivity index (χ2v) is 25.6. The van der Waals surface area contributed by atoms with E-state index in [1.807, 2.05) is 12.1 Å². The zero-order valence-electron chi connectivity index (χ0n) is 32.5. The SMILES string of the molecule is CCCCCCCCCCCCCC[C@H](C#N)[C@@H](O[Si](C)(C)C(C)(C)C)[C@H](CO[Si](c1ccccc1)(c1ccccc1)C(C)(C)C)N=[N+]=[N-]. The molecule has 0 aromatic heterocycles. The largest absolute Gasteiger partial charge is 0.412 e. The summed E-state index contributed by atoms with van der Waals surface area (Å²) in [7, 11) is -5.24. The Balaban J connectivity index is 2.30. The summed E-state index contributed by atoms with van der Waals surface area (Å²) >= 11 is 0. The van der Waals surface area contributed by atoms with E-state index < -0.39 is 34.7 Å².